The van der Waals surface area contributed by atoms with Gasteiger partial charge >= 0.3 is 17.9 Å². The van der Waals surface area contributed by atoms with E-state index in [1.165, 1.54) is 6.07 Å². The van der Waals surface area contributed by atoms with Gasteiger partial charge in [-0.1, -0.05) is 0 Å². The van der Waals surface area contributed by atoms with Crippen LogP contribution >= 0.6 is 0 Å². The number of rotatable bonds is 3. The number of carboxylic acid groups (broad SMARTS) is 2. The summed E-state index contributed by atoms with van der Waals surface area (Å²) in [4.78, 5) is 32.6. The highest BCUT2D eigenvalue weighted by Crippen LogP contribution is 2.13. The van der Waals surface area contributed by atoms with E-state index in [-0.39, 0.29) is 11.1 Å². The van der Waals surface area contributed by atoms with Crippen molar-refractivity contribution < 1.29 is 29.3 Å². The van der Waals surface area contributed by atoms with E-state index in [2.05, 4.69) is 4.74 Å². The first-order chi connectivity index (χ1) is 7.47. The summed E-state index contributed by atoms with van der Waals surface area (Å²) in [6, 6.07) is 3.22. The second-order valence-electron chi connectivity index (χ2n) is 2.86. The predicted molar refractivity (Wildman–Crippen MR) is 51.7 cm³/mol. The lowest BCUT2D eigenvalue weighted by Gasteiger charge is -2.04. The van der Waals surface area contributed by atoms with Crippen LogP contribution in [0.25, 0.3) is 0 Å². The number of carbonyl (C=O) groups is 3. The second kappa shape index (κ2) is 4.43. The van der Waals surface area contributed by atoms with Crippen LogP contribution in [0.4, 0.5) is 0 Å². The molecule has 0 bridgehead atoms. The molecular weight excluding hydrogens is 216 g/mol. The van der Waals surface area contributed by atoms with Crippen LogP contribution in [0.3, 0.4) is 0 Å². The molecule has 0 saturated carbocycles. The SMILES string of the molecule is COC(=O)c1ccc(C(=O)O)c(C(=O)O)c1. The predicted octanol–water partition coefficient (Wildman–Crippen LogP) is 0.870. The van der Waals surface area contributed by atoms with Gasteiger partial charge in [-0.2, -0.15) is 0 Å². The summed E-state index contributed by atoms with van der Waals surface area (Å²) in [5.41, 5.74) is -0.833. The molecule has 0 atom stereocenters. The first-order valence-corrected chi connectivity index (χ1v) is 4.16. The van der Waals surface area contributed by atoms with E-state index in [0.29, 0.717) is 0 Å². The van der Waals surface area contributed by atoms with Gasteiger partial charge in [0.2, 0.25) is 0 Å². The van der Waals surface area contributed by atoms with Crippen molar-refractivity contribution in [1.29, 1.82) is 0 Å². The minimum absolute atomic E-state index is 0.00935. The van der Waals surface area contributed by atoms with Crippen molar-refractivity contribution in [3.63, 3.8) is 0 Å². The highest BCUT2D eigenvalue weighted by atomic mass is 16.5. The molecule has 2 N–H and O–H groups in total. The molecule has 0 unspecified atom stereocenters. The number of benzene rings is 1. The largest absolute Gasteiger partial charge is 0.478 e. The summed E-state index contributed by atoms with van der Waals surface area (Å²) >= 11 is 0. The fraction of sp³-hybridized carbons (Fsp3) is 0.100. The average Bonchev–Trinajstić information content (AvgIpc) is 2.26. The number of carboxylic acids is 2. The molecule has 0 aliphatic heterocycles. The molecule has 6 nitrogen and oxygen atoms in total. The lowest BCUT2D eigenvalue weighted by Crippen LogP contribution is -2.11. The second-order valence-corrected chi connectivity index (χ2v) is 2.86. The maximum atomic E-state index is 11.1. The van der Waals surface area contributed by atoms with Gasteiger partial charge in [0.1, 0.15) is 0 Å². The highest BCUT2D eigenvalue weighted by molar-refractivity contribution is 6.03. The van der Waals surface area contributed by atoms with Gasteiger partial charge in [0.05, 0.1) is 23.8 Å². The molecule has 0 aromatic heterocycles. The molecule has 6 heteroatoms. The lowest BCUT2D eigenvalue weighted by molar-refractivity contribution is 0.0598. The van der Waals surface area contributed by atoms with Crippen molar-refractivity contribution >= 4 is 17.9 Å². The van der Waals surface area contributed by atoms with Crippen molar-refractivity contribution in [2.75, 3.05) is 7.11 Å². The fourth-order valence-electron chi connectivity index (χ4n) is 1.15. The molecule has 16 heavy (non-hydrogen) atoms. The van der Waals surface area contributed by atoms with Gasteiger partial charge in [-0.15, -0.1) is 0 Å². The third kappa shape index (κ3) is 2.17. The van der Waals surface area contributed by atoms with Crippen molar-refractivity contribution in [2.45, 2.75) is 0 Å². The Balaban J connectivity index is 3.34. The molecule has 0 spiro atoms. The Hall–Kier alpha value is -2.37. The van der Waals surface area contributed by atoms with Crippen molar-refractivity contribution in [1.82, 2.24) is 0 Å². The molecule has 0 amide bonds. The molecule has 0 fully saturated rings. The molecule has 1 rings (SSSR count). The lowest BCUT2D eigenvalue weighted by atomic mass is 10.0. The smallest absolute Gasteiger partial charge is 0.337 e. The zero-order chi connectivity index (χ0) is 12.3. The number of hydrogen-bond donors (Lipinski definition) is 2. The molecular formula is C10H8O6. The van der Waals surface area contributed by atoms with Crippen LogP contribution in [-0.4, -0.2) is 35.2 Å². The maximum absolute atomic E-state index is 11.1. The van der Waals surface area contributed by atoms with E-state index in [9.17, 15) is 14.4 Å². The Morgan fingerprint density at radius 3 is 2.06 bits per heavy atom. The fourth-order valence-corrected chi connectivity index (χ4v) is 1.15. The topological polar surface area (TPSA) is 101 Å². The minimum atomic E-state index is -1.41. The van der Waals surface area contributed by atoms with E-state index >= 15 is 0 Å². The Morgan fingerprint density at radius 1 is 1.06 bits per heavy atom. The van der Waals surface area contributed by atoms with Crippen LogP contribution in [0.5, 0.6) is 0 Å². The van der Waals surface area contributed by atoms with Crippen LogP contribution in [0.2, 0.25) is 0 Å². The summed E-state index contributed by atoms with van der Waals surface area (Å²) in [6.45, 7) is 0. The summed E-state index contributed by atoms with van der Waals surface area (Å²) in [5, 5.41) is 17.5. The number of aromatic carboxylic acids is 2. The van der Waals surface area contributed by atoms with E-state index in [0.717, 1.165) is 19.2 Å². The molecule has 0 aliphatic carbocycles. The monoisotopic (exact) mass is 224 g/mol. The van der Waals surface area contributed by atoms with E-state index < -0.39 is 23.5 Å². The number of methoxy groups -OCH3 is 1. The quantitative estimate of drug-likeness (QED) is 0.738. The van der Waals surface area contributed by atoms with Gasteiger partial charge in [0.25, 0.3) is 0 Å². The summed E-state index contributed by atoms with van der Waals surface area (Å²) in [5.74, 6) is -3.50. The van der Waals surface area contributed by atoms with Crippen LogP contribution in [-0.2, 0) is 4.74 Å². The normalized spacial score (nSPS) is 9.56. The Morgan fingerprint density at radius 2 is 1.62 bits per heavy atom. The standard InChI is InChI=1S/C10H8O6/c1-16-10(15)5-2-3-6(8(11)12)7(4-5)9(13)14/h2-4H,1H3,(H,11,12)(H,13,14). The zero-order valence-corrected chi connectivity index (χ0v) is 8.26. The highest BCUT2D eigenvalue weighted by Gasteiger charge is 2.18. The molecule has 0 radical (unpaired) electrons. The number of ether oxygens (including phenoxy) is 1. The summed E-state index contributed by atoms with van der Waals surface area (Å²) in [6.07, 6.45) is 0. The third-order valence-corrected chi connectivity index (χ3v) is 1.90. The Labute approximate surface area is 90.1 Å². The van der Waals surface area contributed by atoms with Crippen LogP contribution in [0.15, 0.2) is 18.2 Å². The van der Waals surface area contributed by atoms with Gasteiger partial charge in [-0.05, 0) is 18.2 Å². The zero-order valence-electron chi connectivity index (χ0n) is 8.26. The first-order valence-electron chi connectivity index (χ1n) is 4.16. The van der Waals surface area contributed by atoms with Gasteiger partial charge in [0.15, 0.2) is 0 Å². The van der Waals surface area contributed by atoms with E-state index in [4.69, 9.17) is 10.2 Å². The number of hydrogen-bond acceptors (Lipinski definition) is 4. The maximum Gasteiger partial charge on any atom is 0.337 e. The van der Waals surface area contributed by atoms with Gasteiger partial charge in [0, 0.05) is 0 Å². The molecule has 0 saturated heterocycles. The van der Waals surface area contributed by atoms with Gasteiger partial charge in [-0.3, -0.25) is 0 Å². The Bertz CT molecular complexity index is 462. The van der Waals surface area contributed by atoms with Crippen LogP contribution < -0.4 is 0 Å². The van der Waals surface area contributed by atoms with Gasteiger partial charge < -0.3 is 14.9 Å². The average molecular weight is 224 g/mol. The minimum Gasteiger partial charge on any atom is -0.478 e. The van der Waals surface area contributed by atoms with Crippen molar-refractivity contribution in [3.8, 4) is 0 Å². The van der Waals surface area contributed by atoms with Crippen molar-refractivity contribution in [3.05, 3.63) is 34.9 Å². The molecule has 1 aromatic rings. The Kier molecular flexibility index (Phi) is 3.24. The van der Waals surface area contributed by atoms with E-state index in [1.54, 1.807) is 0 Å². The summed E-state index contributed by atoms with van der Waals surface area (Å²) < 4.78 is 4.39. The molecule has 0 heterocycles. The number of carbonyl (C=O) groups excluding carboxylic acids is 1. The molecule has 84 valence electrons. The van der Waals surface area contributed by atoms with Gasteiger partial charge in [-0.25, -0.2) is 14.4 Å². The van der Waals surface area contributed by atoms with Crippen LogP contribution in [0, 0.1) is 0 Å². The first kappa shape index (κ1) is 11.7. The third-order valence-electron chi connectivity index (χ3n) is 1.90. The molecule has 1 aromatic carbocycles. The molecule has 0 aliphatic rings. The van der Waals surface area contributed by atoms with Crippen molar-refractivity contribution in [2.24, 2.45) is 0 Å². The van der Waals surface area contributed by atoms with Crippen LogP contribution in [0.1, 0.15) is 31.1 Å². The summed E-state index contributed by atoms with van der Waals surface area (Å²) in [7, 11) is 1.15. The number of esters is 1. The van der Waals surface area contributed by atoms with E-state index in [1.807, 2.05) is 0 Å².